The number of nitrogens with zero attached hydrogens (tertiary/aromatic N) is 1. The van der Waals surface area contributed by atoms with Crippen LogP contribution in [0.3, 0.4) is 0 Å². The number of aliphatic carboxylic acids is 1. The van der Waals surface area contributed by atoms with Crippen molar-refractivity contribution in [2.24, 2.45) is 0 Å². The average molecular weight is 459 g/mol. The van der Waals surface area contributed by atoms with Gasteiger partial charge in [0.15, 0.2) is 0 Å². The summed E-state index contributed by atoms with van der Waals surface area (Å²) in [4.78, 5) is 15.6. The summed E-state index contributed by atoms with van der Waals surface area (Å²) in [6, 6.07) is 18.8. The van der Waals surface area contributed by atoms with E-state index in [0.29, 0.717) is 23.1 Å². The van der Waals surface area contributed by atoms with E-state index in [1.807, 2.05) is 48.5 Å². The summed E-state index contributed by atoms with van der Waals surface area (Å²) in [6.07, 6.45) is 3.11. The molecule has 162 valence electrons. The van der Waals surface area contributed by atoms with Gasteiger partial charge in [-0.05, 0) is 60.2 Å². The summed E-state index contributed by atoms with van der Waals surface area (Å²) in [5, 5.41) is 13.4. The number of aromatic nitrogens is 1. The van der Waals surface area contributed by atoms with Gasteiger partial charge in [0, 0.05) is 12.7 Å². The first-order chi connectivity index (χ1) is 15.0. The Bertz CT molecular complexity index is 982. The zero-order valence-electron chi connectivity index (χ0n) is 16.9. The van der Waals surface area contributed by atoms with Gasteiger partial charge in [0.1, 0.15) is 11.6 Å². The number of hydrogen-bond donors (Lipinski definition) is 2. The number of ether oxygens (including phenoxy) is 1. The highest BCUT2D eigenvalue weighted by atomic mass is 35.5. The number of carbonyl (C=O) groups is 1. The summed E-state index contributed by atoms with van der Waals surface area (Å²) in [5.74, 6) is 0.480. The van der Waals surface area contributed by atoms with Crippen LogP contribution < -0.4 is 10.1 Å². The van der Waals surface area contributed by atoms with Crippen molar-refractivity contribution < 1.29 is 14.6 Å². The summed E-state index contributed by atoms with van der Waals surface area (Å²) in [5.41, 5.74) is 1.75. The van der Waals surface area contributed by atoms with Gasteiger partial charge < -0.3 is 15.2 Å². The van der Waals surface area contributed by atoms with Crippen LogP contribution in [0.5, 0.6) is 5.75 Å². The monoisotopic (exact) mass is 458 g/mol. The number of anilines is 1. The standard InChI is InChI=1S/C24H24Cl2N2O3/c25-21-6-3-5-20(24(21)26)18(16-23(29)30)15-17-8-10-19(11-9-17)31-14-4-13-28-22-7-1-2-12-27-22/h1-3,5-12,18H,4,13-16H2,(H,27,28)(H,29,30). The molecule has 0 bridgehead atoms. The number of carboxylic acid groups (broad SMARTS) is 1. The molecule has 3 rings (SSSR count). The zero-order valence-corrected chi connectivity index (χ0v) is 18.4. The summed E-state index contributed by atoms with van der Waals surface area (Å²) in [6.45, 7) is 1.35. The molecule has 0 aliphatic heterocycles. The predicted octanol–water partition coefficient (Wildman–Crippen LogP) is 6.07. The van der Waals surface area contributed by atoms with Crippen LogP contribution in [0.1, 0.15) is 29.9 Å². The molecule has 5 nitrogen and oxygen atoms in total. The number of carboxylic acids is 1. The molecule has 0 spiro atoms. The Hall–Kier alpha value is -2.76. The lowest BCUT2D eigenvalue weighted by atomic mass is 9.89. The molecule has 0 radical (unpaired) electrons. The molecule has 1 heterocycles. The highest BCUT2D eigenvalue weighted by Crippen LogP contribution is 2.34. The van der Waals surface area contributed by atoms with Crippen LogP contribution in [0.2, 0.25) is 10.0 Å². The van der Waals surface area contributed by atoms with E-state index >= 15 is 0 Å². The molecule has 2 N–H and O–H groups in total. The van der Waals surface area contributed by atoms with Crippen molar-refractivity contribution in [3.05, 3.63) is 88.0 Å². The summed E-state index contributed by atoms with van der Waals surface area (Å²) < 4.78 is 5.79. The first-order valence-electron chi connectivity index (χ1n) is 10.1. The fourth-order valence-corrected chi connectivity index (χ4v) is 3.75. The summed E-state index contributed by atoms with van der Waals surface area (Å²) >= 11 is 12.5. The molecule has 1 unspecified atom stereocenters. The maximum absolute atomic E-state index is 11.4. The van der Waals surface area contributed by atoms with Gasteiger partial charge in [0.25, 0.3) is 0 Å². The van der Waals surface area contributed by atoms with Crippen LogP contribution in [0, 0.1) is 0 Å². The molecular formula is C24H24Cl2N2O3. The third-order valence-corrected chi connectivity index (χ3v) is 5.64. The van der Waals surface area contributed by atoms with E-state index in [9.17, 15) is 9.90 Å². The number of nitrogens with one attached hydrogen (secondary N) is 1. The van der Waals surface area contributed by atoms with E-state index in [4.69, 9.17) is 27.9 Å². The van der Waals surface area contributed by atoms with Gasteiger partial charge >= 0.3 is 5.97 Å². The fourth-order valence-electron chi connectivity index (χ4n) is 3.29. The van der Waals surface area contributed by atoms with Crippen LogP contribution in [0.25, 0.3) is 0 Å². The molecular weight excluding hydrogens is 435 g/mol. The van der Waals surface area contributed by atoms with Gasteiger partial charge in [-0.3, -0.25) is 4.79 Å². The van der Waals surface area contributed by atoms with Gasteiger partial charge in [-0.1, -0.05) is 53.5 Å². The molecule has 7 heteroatoms. The van der Waals surface area contributed by atoms with E-state index in [0.717, 1.165) is 35.7 Å². The fraction of sp³-hybridized carbons (Fsp3) is 0.250. The number of rotatable bonds is 11. The van der Waals surface area contributed by atoms with Gasteiger partial charge in [-0.2, -0.15) is 0 Å². The molecule has 0 saturated carbocycles. The first-order valence-corrected chi connectivity index (χ1v) is 10.8. The lowest BCUT2D eigenvalue weighted by Crippen LogP contribution is -2.10. The Morgan fingerprint density at radius 1 is 1.06 bits per heavy atom. The minimum atomic E-state index is -0.875. The maximum atomic E-state index is 11.4. The molecule has 0 fully saturated rings. The van der Waals surface area contributed by atoms with E-state index in [2.05, 4.69) is 10.3 Å². The molecule has 0 saturated heterocycles. The molecule has 31 heavy (non-hydrogen) atoms. The summed E-state index contributed by atoms with van der Waals surface area (Å²) in [7, 11) is 0. The Morgan fingerprint density at radius 3 is 2.58 bits per heavy atom. The largest absolute Gasteiger partial charge is 0.494 e. The second kappa shape index (κ2) is 11.6. The lowest BCUT2D eigenvalue weighted by Gasteiger charge is -2.18. The van der Waals surface area contributed by atoms with E-state index in [1.54, 1.807) is 18.3 Å². The highest BCUT2D eigenvalue weighted by Gasteiger charge is 2.20. The number of benzene rings is 2. The number of pyridine rings is 1. The predicted molar refractivity (Wildman–Crippen MR) is 124 cm³/mol. The Kier molecular flexibility index (Phi) is 8.56. The third-order valence-electron chi connectivity index (χ3n) is 4.81. The van der Waals surface area contributed by atoms with Crippen LogP contribution in [0.4, 0.5) is 5.82 Å². The normalized spacial score (nSPS) is 11.7. The second-order valence-electron chi connectivity index (χ2n) is 7.13. The molecule has 1 aromatic heterocycles. The van der Waals surface area contributed by atoms with Crippen molar-refractivity contribution in [3.8, 4) is 5.75 Å². The molecule has 0 aliphatic rings. The Labute approximate surface area is 192 Å². The molecule has 1 atom stereocenters. The van der Waals surface area contributed by atoms with Crippen molar-refractivity contribution in [3.63, 3.8) is 0 Å². The molecule has 3 aromatic rings. The van der Waals surface area contributed by atoms with E-state index in [-0.39, 0.29) is 12.3 Å². The molecule has 0 amide bonds. The van der Waals surface area contributed by atoms with Crippen molar-refractivity contribution in [1.29, 1.82) is 0 Å². The molecule has 2 aromatic carbocycles. The topological polar surface area (TPSA) is 71.5 Å². The van der Waals surface area contributed by atoms with Crippen LogP contribution in [-0.2, 0) is 11.2 Å². The minimum absolute atomic E-state index is 0.0262. The van der Waals surface area contributed by atoms with Crippen molar-refractivity contribution in [2.75, 3.05) is 18.5 Å². The SMILES string of the molecule is O=C(O)CC(Cc1ccc(OCCCNc2ccccn2)cc1)c1cccc(Cl)c1Cl. The maximum Gasteiger partial charge on any atom is 0.303 e. The molecule has 0 aliphatic carbocycles. The zero-order chi connectivity index (χ0) is 22.1. The Morgan fingerprint density at radius 2 is 1.87 bits per heavy atom. The van der Waals surface area contributed by atoms with E-state index < -0.39 is 5.97 Å². The van der Waals surface area contributed by atoms with Crippen molar-refractivity contribution >= 4 is 35.0 Å². The Balaban J connectivity index is 1.53. The van der Waals surface area contributed by atoms with Gasteiger partial charge in [0.2, 0.25) is 0 Å². The number of halogens is 2. The smallest absolute Gasteiger partial charge is 0.303 e. The van der Waals surface area contributed by atoms with Crippen molar-refractivity contribution in [1.82, 2.24) is 4.98 Å². The quantitative estimate of drug-likeness (QED) is 0.341. The average Bonchev–Trinajstić information content (AvgIpc) is 2.76. The van der Waals surface area contributed by atoms with Crippen LogP contribution in [0.15, 0.2) is 66.9 Å². The van der Waals surface area contributed by atoms with Gasteiger partial charge in [0.05, 0.1) is 23.1 Å². The van der Waals surface area contributed by atoms with Crippen molar-refractivity contribution in [2.45, 2.75) is 25.2 Å². The second-order valence-corrected chi connectivity index (χ2v) is 7.91. The lowest BCUT2D eigenvalue weighted by molar-refractivity contribution is -0.137. The number of hydrogen-bond acceptors (Lipinski definition) is 4. The van der Waals surface area contributed by atoms with Gasteiger partial charge in [-0.25, -0.2) is 4.98 Å². The first kappa shape index (κ1) is 22.9. The minimum Gasteiger partial charge on any atom is -0.494 e. The van der Waals surface area contributed by atoms with Crippen LogP contribution >= 0.6 is 23.2 Å². The van der Waals surface area contributed by atoms with Crippen LogP contribution in [-0.4, -0.2) is 29.2 Å². The highest BCUT2D eigenvalue weighted by molar-refractivity contribution is 6.42. The third kappa shape index (κ3) is 7.16. The van der Waals surface area contributed by atoms with E-state index in [1.165, 1.54) is 0 Å². The van der Waals surface area contributed by atoms with Gasteiger partial charge in [-0.15, -0.1) is 0 Å².